The summed E-state index contributed by atoms with van der Waals surface area (Å²) in [6.07, 6.45) is 0. The van der Waals surface area contributed by atoms with Gasteiger partial charge in [0.05, 0.1) is 11.4 Å². The average Bonchev–Trinajstić information content (AvgIpc) is 3.35. The van der Waals surface area contributed by atoms with Crippen LogP contribution < -0.4 is 10.6 Å². The first-order valence-corrected chi connectivity index (χ1v) is 13.3. The average molecular weight is 530 g/mol. The number of amides is 2. The Morgan fingerprint density at radius 1 is 0.861 bits per heavy atom. The van der Waals surface area contributed by atoms with Crippen LogP contribution in [-0.2, 0) is 4.79 Å². The minimum absolute atomic E-state index is 0.161. The fraction of sp³-hybridized carbons (Fsp3) is 0.0357. The highest BCUT2D eigenvalue weighted by atomic mass is 35.5. The maximum absolute atomic E-state index is 12.8. The minimum Gasteiger partial charge on any atom is -0.322 e. The molecule has 5 rings (SSSR count). The van der Waals surface area contributed by atoms with E-state index in [9.17, 15) is 9.59 Å². The van der Waals surface area contributed by atoms with Crippen molar-refractivity contribution in [2.45, 2.75) is 4.90 Å². The third kappa shape index (κ3) is 5.76. The van der Waals surface area contributed by atoms with Gasteiger partial charge in [-0.05, 0) is 47.2 Å². The molecule has 8 heteroatoms. The van der Waals surface area contributed by atoms with Crippen LogP contribution in [0.5, 0.6) is 0 Å². The number of rotatable bonds is 7. The molecule has 178 valence electrons. The Hall–Kier alpha value is -3.65. The van der Waals surface area contributed by atoms with Crippen molar-refractivity contribution in [1.29, 1.82) is 0 Å². The maximum Gasteiger partial charge on any atom is 0.255 e. The molecule has 0 saturated carbocycles. The van der Waals surface area contributed by atoms with Gasteiger partial charge in [0.1, 0.15) is 0 Å². The summed E-state index contributed by atoms with van der Waals surface area (Å²) in [5.41, 5.74) is 2.81. The molecule has 0 fully saturated rings. The summed E-state index contributed by atoms with van der Waals surface area (Å²) in [5.74, 6) is -0.132. The number of halogens is 1. The molecule has 0 saturated heterocycles. The van der Waals surface area contributed by atoms with Crippen LogP contribution in [0.1, 0.15) is 10.4 Å². The fourth-order valence-corrected chi connectivity index (χ4v) is 5.34. The van der Waals surface area contributed by atoms with E-state index < -0.39 is 0 Å². The van der Waals surface area contributed by atoms with Crippen molar-refractivity contribution in [3.05, 3.63) is 107 Å². The summed E-state index contributed by atoms with van der Waals surface area (Å²) in [7, 11) is 0. The van der Waals surface area contributed by atoms with E-state index in [-0.39, 0.29) is 17.6 Å². The second kappa shape index (κ2) is 11.0. The minimum atomic E-state index is -0.182. The molecule has 0 aliphatic carbocycles. The van der Waals surface area contributed by atoms with Crippen LogP contribution in [-0.4, -0.2) is 22.6 Å². The second-order valence-corrected chi connectivity index (χ2v) is 10.2. The number of fused-ring (bicyclic) bond motifs is 1. The molecule has 4 aromatic carbocycles. The molecule has 36 heavy (non-hydrogen) atoms. The summed E-state index contributed by atoms with van der Waals surface area (Å²) < 4.78 is 0. The van der Waals surface area contributed by atoms with Crippen LogP contribution in [0.15, 0.2) is 101 Å². The monoisotopic (exact) mass is 529 g/mol. The van der Waals surface area contributed by atoms with E-state index in [0.29, 0.717) is 21.4 Å². The van der Waals surface area contributed by atoms with E-state index in [1.807, 2.05) is 96.4 Å². The fourth-order valence-electron chi connectivity index (χ4n) is 3.63. The van der Waals surface area contributed by atoms with E-state index in [1.54, 1.807) is 0 Å². The molecular weight excluding hydrogens is 510 g/mol. The molecule has 0 bridgehead atoms. The normalized spacial score (nSPS) is 10.8. The van der Waals surface area contributed by atoms with Gasteiger partial charge < -0.3 is 10.6 Å². The van der Waals surface area contributed by atoms with Gasteiger partial charge in [0.25, 0.3) is 5.91 Å². The summed E-state index contributed by atoms with van der Waals surface area (Å²) in [5, 5.41) is 10.9. The lowest BCUT2D eigenvalue weighted by Gasteiger charge is -2.08. The van der Waals surface area contributed by atoms with Gasteiger partial charge in [-0.2, -0.15) is 0 Å². The van der Waals surface area contributed by atoms with Crippen LogP contribution in [0, 0.1) is 0 Å². The van der Waals surface area contributed by atoms with Crippen LogP contribution in [0.25, 0.3) is 22.0 Å². The van der Waals surface area contributed by atoms with Crippen molar-refractivity contribution < 1.29 is 9.59 Å². The lowest BCUT2D eigenvalue weighted by atomic mass is 10.1. The predicted octanol–water partition coefficient (Wildman–Crippen LogP) is 7.60. The van der Waals surface area contributed by atoms with E-state index in [0.717, 1.165) is 26.9 Å². The van der Waals surface area contributed by atoms with Gasteiger partial charge in [-0.25, -0.2) is 4.98 Å². The molecular formula is C28H20ClN3O2S2. The number of anilines is 2. The van der Waals surface area contributed by atoms with Crippen LogP contribution >= 0.6 is 34.7 Å². The molecule has 0 unspecified atom stereocenters. The summed E-state index contributed by atoms with van der Waals surface area (Å²) in [6.45, 7) is 0. The highest BCUT2D eigenvalue weighted by Gasteiger charge is 2.12. The zero-order valence-electron chi connectivity index (χ0n) is 18.9. The summed E-state index contributed by atoms with van der Waals surface area (Å²) in [4.78, 5) is 30.6. The summed E-state index contributed by atoms with van der Waals surface area (Å²) >= 11 is 8.98. The smallest absolute Gasteiger partial charge is 0.255 e. The Kier molecular flexibility index (Phi) is 7.32. The molecule has 0 atom stereocenters. The molecule has 1 heterocycles. The van der Waals surface area contributed by atoms with Crippen molar-refractivity contribution >= 4 is 68.1 Å². The number of hydrogen-bond donors (Lipinski definition) is 2. The molecule has 0 aliphatic rings. The predicted molar refractivity (Wildman–Crippen MR) is 150 cm³/mol. The number of thioether (sulfide) groups is 1. The van der Waals surface area contributed by atoms with Crippen molar-refractivity contribution in [2.24, 2.45) is 0 Å². The number of nitrogens with one attached hydrogen (secondary N) is 2. The van der Waals surface area contributed by atoms with Gasteiger partial charge in [0.2, 0.25) is 5.91 Å². The first kappa shape index (κ1) is 24.1. The second-order valence-electron chi connectivity index (χ2n) is 7.90. The van der Waals surface area contributed by atoms with E-state index in [4.69, 9.17) is 11.6 Å². The highest BCUT2D eigenvalue weighted by Crippen LogP contribution is 2.30. The first-order chi connectivity index (χ1) is 17.5. The maximum atomic E-state index is 12.8. The molecule has 0 radical (unpaired) electrons. The Morgan fingerprint density at radius 3 is 2.53 bits per heavy atom. The van der Waals surface area contributed by atoms with Gasteiger partial charge >= 0.3 is 0 Å². The topological polar surface area (TPSA) is 71.1 Å². The van der Waals surface area contributed by atoms with Gasteiger partial charge in [-0.3, -0.25) is 9.59 Å². The van der Waals surface area contributed by atoms with Gasteiger partial charge in [0.15, 0.2) is 5.13 Å². The lowest BCUT2D eigenvalue weighted by molar-refractivity contribution is -0.113. The number of benzene rings is 4. The Balaban J connectivity index is 1.18. The molecule has 1 aromatic heterocycles. The summed E-state index contributed by atoms with van der Waals surface area (Å²) in [6, 6.07) is 28.5. The van der Waals surface area contributed by atoms with Crippen LogP contribution in [0.4, 0.5) is 10.8 Å². The Bertz CT molecular complexity index is 1570. The zero-order valence-corrected chi connectivity index (χ0v) is 21.3. The quantitative estimate of drug-likeness (QED) is 0.213. The SMILES string of the molecule is O=C(CSc1cccc(NC(=O)c2ccc3ccccc3c2)c1)Nc1nc(-c2ccccc2Cl)cs1. The van der Waals surface area contributed by atoms with Crippen molar-refractivity contribution in [2.75, 3.05) is 16.4 Å². The molecule has 5 nitrogen and oxygen atoms in total. The molecule has 0 aliphatic heterocycles. The Labute approximate surface area is 221 Å². The standard InChI is InChI=1S/C28H20ClN3O2S2/c29-24-11-4-3-10-23(24)25-16-36-28(31-25)32-26(33)17-35-22-9-5-8-21(15-22)30-27(34)20-13-12-18-6-1-2-7-19(18)14-20/h1-16H,17H2,(H,30,34)(H,31,32,33). The lowest BCUT2D eigenvalue weighted by Crippen LogP contribution is -2.14. The number of carbonyl (C=O) groups is 2. The Morgan fingerprint density at radius 2 is 1.67 bits per heavy atom. The van der Waals surface area contributed by atoms with E-state index >= 15 is 0 Å². The number of nitrogens with zero attached hydrogens (tertiary/aromatic N) is 1. The number of thiazole rings is 1. The van der Waals surface area contributed by atoms with E-state index in [1.165, 1.54) is 23.1 Å². The van der Waals surface area contributed by atoms with Crippen molar-refractivity contribution in [3.8, 4) is 11.3 Å². The van der Waals surface area contributed by atoms with Crippen LogP contribution in [0.3, 0.4) is 0 Å². The number of carbonyl (C=O) groups excluding carboxylic acids is 2. The third-order valence-corrected chi connectivity index (χ3v) is 7.45. The largest absolute Gasteiger partial charge is 0.322 e. The van der Waals surface area contributed by atoms with E-state index in [2.05, 4.69) is 15.6 Å². The number of hydrogen-bond acceptors (Lipinski definition) is 5. The molecule has 2 N–H and O–H groups in total. The first-order valence-electron chi connectivity index (χ1n) is 11.1. The third-order valence-electron chi connectivity index (χ3n) is 5.37. The van der Waals surface area contributed by atoms with Gasteiger partial charge in [-0.15, -0.1) is 23.1 Å². The van der Waals surface area contributed by atoms with Gasteiger partial charge in [0, 0.05) is 32.1 Å². The molecule has 0 spiro atoms. The molecule has 5 aromatic rings. The van der Waals surface area contributed by atoms with Crippen molar-refractivity contribution in [1.82, 2.24) is 4.98 Å². The highest BCUT2D eigenvalue weighted by molar-refractivity contribution is 8.00. The van der Waals surface area contributed by atoms with Crippen LogP contribution in [0.2, 0.25) is 5.02 Å². The zero-order chi connectivity index (χ0) is 24.9. The van der Waals surface area contributed by atoms with Crippen molar-refractivity contribution in [3.63, 3.8) is 0 Å². The number of aromatic nitrogens is 1. The molecule has 2 amide bonds. The van der Waals surface area contributed by atoms with Gasteiger partial charge in [-0.1, -0.05) is 66.2 Å².